The third kappa shape index (κ3) is 3.57. The molecule has 0 unspecified atom stereocenters. The van der Waals surface area contributed by atoms with E-state index in [1.54, 1.807) is 4.57 Å². The fraction of sp³-hybridized carbons (Fsp3) is 0.238. The van der Waals surface area contributed by atoms with Crippen molar-refractivity contribution in [3.63, 3.8) is 0 Å². The van der Waals surface area contributed by atoms with Crippen LogP contribution in [0.4, 0.5) is 4.39 Å². The minimum absolute atomic E-state index is 0.130. The molecule has 3 aromatic rings. The minimum atomic E-state index is -0.725. The molecule has 3 rings (SSSR count). The average Bonchev–Trinajstić information content (AvgIpc) is 2.87. The molecule has 0 bridgehead atoms. The summed E-state index contributed by atoms with van der Waals surface area (Å²) in [6.45, 7) is 6.22. The van der Waals surface area contributed by atoms with E-state index in [-0.39, 0.29) is 12.3 Å². The number of aryl methyl sites for hydroxylation is 1. The van der Waals surface area contributed by atoms with Crippen LogP contribution >= 0.6 is 12.2 Å². The predicted molar refractivity (Wildman–Crippen MR) is 109 cm³/mol. The van der Waals surface area contributed by atoms with E-state index in [0.717, 1.165) is 22.4 Å². The van der Waals surface area contributed by atoms with Crippen LogP contribution in [0.2, 0.25) is 0 Å². The van der Waals surface area contributed by atoms with Crippen molar-refractivity contribution < 1.29 is 14.3 Å². The van der Waals surface area contributed by atoms with Crippen LogP contribution in [0.5, 0.6) is 5.75 Å². The molecule has 0 radical (unpaired) electrons. The van der Waals surface area contributed by atoms with E-state index in [1.807, 2.05) is 45.0 Å². The smallest absolute Gasteiger partial charge is 0.224 e. The molecule has 2 N–H and O–H groups in total. The van der Waals surface area contributed by atoms with Crippen molar-refractivity contribution in [1.29, 1.82) is 0 Å². The van der Waals surface area contributed by atoms with E-state index in [2.05, 4.69) is 5.32 Å². The summed E-state index contributed by atoms with van der Waals surface area (Å²) in [5.74, 6) is -1.31. The molecule has 0 saturated heterocycles. The zero-order valence-electron chi connectivity index (χ0n) is 15.5. The molecule has 0 saturated carbocycles. The van der Waals surface area contributed by atoms with Crippen molar-refractivity contribution in [2.24, 2.45) is 0 Å². The lowest BCUT2D eigenvalue weighted by atomic mass is 10.1. The molecule has 6 heteroatoms. The number of carbonyl (C=O) groups is 1. The summed E-state index contributed by atoms with van der Waals surface area (Å²) in [4.78, 5) is 12.7. The molecule has 4 nitrogen and oxygen atoms in total. The van der Waals surface area contributed by atoms with E-state index in [9.17, 15) is 14.3 Å². The molecular weight excluding hydrogens is 363 g/mol. The molecule has 0 spiro atoms. The SMILES string of the molecule is CCNC(=O)Cc1c(C)n(C(=S)c2ccc(C)cc2)c2cc(F)c(O)cc12. The Morgan fingerprint density at radius 3 is 2.52 bits per heavy atom. The Labute approximate surface area is 162 Å². The Kier molecular flexibility index (Phi) is 5.28. The van der Waals surface area contributed by atoms with Crippen molar-refractivity contribution in [2.75, 3.05) is 6.54 Å². The molecular formula is C21H21FN2O2S. The molecule has 0 aliphatic heterocycles. The number of hydrogen-bond acceptors (Lipinski definition) is 3. The van der Waals surface area contributed by atoms with E-state index in [4.69, 9.17) is 12.2 Å². The fourth-order valence-corrected chi connectivity index (χ4v) is 3.59. The van der Waals surface area contributed by atoms with Gasteiger partial charge >= 0.3 is 0 Å². The van der Waals surface area contributed by atoms with Crippen LogP contribution < -0.4 is 5.32 Å². The quantitative estimate of drug-likeness (QED) is 0.669. The van der Waals surface area contributed by atoms with Crippen molar-refractivity contribution in [1.82, 2.24) is 9.88 Å². The van der Waals surface area contributed by atoms with Gasteiger partial charge in [-0.25, -0.2) is 4.39 Å². The highest BCUT2D eigenvalue weighted by atomic mass is 32.1. The van der Waals surface area contributed by atoms with Crippen LogP contribution in [0.3, 0.4) is 0 Å². The topological polar surface area (TPSA) is 54.3 Å². The van der Waals surface area contributed by atoms with Crippen molar-refractivity contribution in [2.45, 2.75) is 27.2 Å². The summed E-state index contributed by atoms with van der Waals surface area (Å²) in [7, 11) is 0. The number of nitrogens with one attached hydrogen (secondary N) is 1. The predicted octanol–water partition coefficient (Wildman–Crippen LogP) is 4.01. The molecule has 0 fully saturated rings. The first-order valence-corrected chi connectivity index (χ1v) is 9.14. The number of aromatic nitrogens is 1. The number of aromatic hydroxyl groups is 1. The number of rotatable bonds is 4. The number of halogens is 1. The number of amides is 1. The van der Waals surface area contributed by atoms with Crippen LogP contribution in [-0.2, 0) is 11.2 Å². The first kappa shape index (κ1) is 19.0. The van der Waals surface area contributed by atoms with E-state index < -0.39 is 11.6 Å². The number of carbonyl (C=O) groups excluding carboxylic acids is 1. The molecule has 27 heavy (non-hydrogen) atoms. The molecule has 1 heterocycles. The van der Waals surface area contributed by atoms with Gasteiger partial charge in [0.2, 0.25) is 5.91 Å². The Morgan fingerprint density at radius 1 is 1.22 bits per heavy atom. The summed E-state index contributed by atoms with van der Waals surface area (Å²) in [6.07, 6.45) is 0.130. The highest BCUT2D eigenvalue weighted by Crippen LogP contribution is 2.32. The van der Waals surface area contributed by atoms with Crippen LogP contribution in [0.15, 0.2) is 36.4 Å². The van der Waals surface area contributed by atoms with Gasteiger partial charge in [0.05, 0.1) is 11.9 Å². The van der Waals surface area contributed by atoms with Crippen LogP contribution in [0, 0.1) is 19.7 Å². The lowest BCUT2D eigenvalue weighted by molar-refractivity contribution is -0.120. The van der Waals surface area contributed by atoms with E-state index >= 15 is 0 Å². The first-order chi connectivity index (χ1) is 12.8. The van der Waals surface area contributed by atoms with Crippen molar-refractivity contribution >= 4 is 34.0 Å². The number of fused-ring (bicyclic) bond motifs is 1. The van der Waals surface area contributed by atoms with Gasteiger partial charge in [-0.3, -0.25) is 4.79 Å². The normalized spacial score (nSPS) is 11.0. The Bertz CT molecular complexity index is 1040. The van der Waals surface area contributed by atoms with Gasteiger partial charge in [-0.2, -0.15) is 0 Å². The largest absolute Gasteiger partial charge is 0.505 e. The summed E-state index contributed by atoms with van der Waals surface area (Å²) in [5.41, 5.74) is 3.96. The number of hydrogen-bond donors (Lipinski definition) is 2. The number of phenols is 1. The summed E-state index contributed by atoms with van der Waals surface area (Å²) >= 11 is 5.68. The van der Waals surface area contributed by atoms with Gasteiger partial charge in [0.1, 0.15) is 4.99 Å². The summed E-state index contributed by atoms with van der Waals surface area (Å²) in [6, 6.07) is 10.4. The fourth-order valence-electron chi connectivity index (χ4n) is 3.22. The maximum atomic E-state index is 14.1. The molecule has 2 aromatic carbocycles. The van der Waals surface area contributed by atoms with Crippen LogP contribution in [0.25, 0.3) is 10.9 Å². The molecule has 0 atom stereocenters. The number of nitrogens with zero attached hydrogens (tertiary/aromatic N) is 1. The van der Waals surface area contributed by atoms with Gasteiger partial charge in [-0.05, 0) is 32.4 Å². The number of benzene rings is 2. The van der Waals surface area contributed by atoms with Crippen molar-refractivity contribution in [3.8, 4) is 5.75 Å². The second kappa shape index (κ2) is 7.48. The Balaban J connectivity index is 2.21. The van der Waals surface area contributed by atoms with Gasteiger partial charge in [0, 0.05) is 29.3 Å². The third-order valence-corrected chi connectivity index (χ3v) is 5.03. The number of phenolic OH excluding ortho intramolecular Hbond substituents is 1. The lowest BCUT2D eigenvalue weighted by Crippen LogP contribution is -2.24. The van der Waals surface area contributed by atoms with Gasteiger partial charge in [0.25, 0.3) is 0 Å². The third-order valence-electron chi connectivity index (χ3n) is 4.62. The lowest BCUT2D eigenvalue weighted by Gasteiger charge is -2.11. The molecule has 0 aliphatic carbocycles. The molecule has 140 valence electrons. The maximum absolute atomic E-state index is 14.1. The summed E-state index contributed by atoms with van der Waals surface area (Å²) in [5, 5.41) is 13.2. The van der Waals surface area contributed by atoms with Crippen molar-refractivity contribution in [3.05, 3.63) is 64.6 Å². The molecule has 1 amide bonds. The summed E-state index contributed by atoms with van der Waals surface area (Å²) < 4.78 is 15.9. The molecule has 1 aromatic heterocycles. The van der Waals surface area contributed by atoms with E-state index in [1.165, 1.54) is 12.1 Å². The van der Waals surface area contributed by atoms with Gasteiger partial charge in [0.15, 0.2) is 11.6 Å². The zero-order chi connectivity index (χ0) is 19.7. The Morgan fingerprint density at radius 2 is 1.89 bits per heavy atom. The average molecular weight is 384 g/mol. The second-order valence-corrected chi connectivity index (χ2v) is 6.91. The van der Waals surface area contributed by atoms with Gasteiger partial charge < -0.3 is 15.0 Å². The second-order valence-electron chi connectivity index (χ2n) is 6.52. The van der Waals surface area contributed by atoms with Crippen LogP contribution in [0.1, 0.15) is 29.3 Å². The highest BCUT2D eigenvalue weighted by molar-refractivity contribution is 7.80. The van der Waals surface area contributed by atoms with Crippen LogP contribution in [-0.4, -0.2) is 27.1 Å². The van der Waals surface area contributed by atoms with Gasteiger partial charge in [-0.1, -0.05) is 42.0 Å². The maximum Gasteiger partial charge on any atom is 0.224 e. The molecule has 0 aliphatic rings. The minimum Gasteiger partial charge on any atom is -0.505 e. The number of thiocarbonyl (C=S) groups is 1. The number of likely N-dealkylation sites (N-methyl/N-ethyl adjacent to an activating group) is 1. The van der Waals surface area contributed by atoms with E-state index in [0.29, 0.717) is 22.4 Å². The highest BCUT2D eigenvalue weighted by Gasteiger charge is 2.21. The van der Waals surface area contributed by atoms with Gasteiger partial charge in [-0.15, -0.1) is 0 Å². The zero-order valence-corrected chi connectivity index (χ0v) is 16.3. The first-order valence-electron chi connectivity index (χ1n) is 8.74. The standard InChI is InChI=1S/C21H21FN2O2S/c1-4-23-20(26)10-15-13(3)24(18-11-17(22)19(25)9-16(15)18)21(27)14-7-5-12(2)6-8-14/h5-9,11,25H,4,10H2,1-3H3,(H,23,26). The monoisotopic (exact) mass is 384 g/mol. The Hall–Kier alpha value is -2.73.